The molecule has 0 aliphatic heterocycles. The van der Waals surface area contributed by atoms with Gasteiger partial charge in [-0.25, -0.2) is 0 Å². The molecular weight excluding hydrogens is 312 g/mol. The van der Waals surface area contributed by atoms with E-state index < -0.39 is 0 Å². The van der Waals surface area contributed by atoms with E-state index in [9.17, 15) is 0 Å². The predicted molar refractivity (Wildman–Crippen MR) is 80.9 cm³/mol. The lowest BCUT2D eigenvalue weighted by Gasteiger charge is -2.27. The number of benzene rings is 1. The average Bonchev–Trinajstić information content (AvgIpc) is 2.86. The van der Waals surface area contributed by atoms with Crippen LogP contribution in [-0.4, -0.2) is 19.5 Å². The van der Waals surface area contributed by atoms with Gasteiger partial charge in [0, 0.05) is 5.41 Å². The number of ether oxygens (including phenoxy) is 2. The number of hydrogen-bond acceptors (Lipinski definition) is 3. The zero-order valence-electron chi connectivity index (χ0n) is 10.6. The summed E-state index contributed by atoms with van der Waals surface area (Å²) < 4.78 is 12.1. The Morgan fingerprint density at radius 2 is 2.06 bits per heavy atom. The maximum Gasteiger partial charge on any atom is 0.133 e. The lowest BCUT2D eigenvalue weighted by atomic mass is 9.90. The Hall–Kier alpha value is -0.350. The largest absolute Gasteiger partial charge is 0.497 e. The smallest absolute Gasteiger partial charge is 0.133 e. The summed E-state index contributed by atoms with van der Waals surface area (Å²) in [7, 11) is 1.66. The van der Waals surface area contributed by atoms with E-state index in [4.69, 9.17) is 9.47 Å². The summed E-state index contributed by atoms with van der Waals surface area (Å²) in [5.41, 5.74) is 0.266. The fourth-order valence-electron chi connectivity index (χ4n) is 2.43. The minimum atomic E-state index is 0.266. The minimum Gasteiger partial charge on any atom is -0.497 e. The van der Waals surface area contributed by atoms with Gasteiger partial charge in [-0.2, -0.15) is 12.6 Å². The van der Waals surface area contributed by atoms with Gasteiger partial charge in [0.1, 0.15) is 11.5 Å². The fraction of sp³-hybridized carbons (Fsp3) is 0.571. The quantitative estimate of drug-likeness (QED) is 0.810. The van der Waals surface area contributed by atoms with E-state index in [1.54, 1.807) is 7.11 Å². The fourth-order valence-corrected chi connectivity index (χ4v) is 3.31. The standard InChI is InChI=1S/C14H19BrO2S/c1-16-11-4-5-13(12(15)8-11)17-9-14(10-18)6-2-3-7-14/h4-5,8,18H,2-3,6-7,9-10H2,1H3. The Bertz CT molecular complexity index is 403. The molecule has 0 aromatic heterocycles. The maximum atomic E-state index is 5.96. The predicted octanol–water partition coefficient (Wildman–Crippen LogP) is 4.33. The highest BCUT2D eigenvalue weighted by atomic mass is 79.9. The molecule has 0 bridgehead atoms. The van der Waals surface area contributed by atoms with Gasteiger partial charge in [0.05, 0.1) is 18.2 Å². The van der Waals surface area contributed by atoms with Crippen LogP contribution in [0.4, 0.5) is 0 Å². The van der Waals surface area contributed by atoms with Crippen LogP contribution in [-0.2, 0) is 0 Å². The molecule has 0 saturated heterocycles. The summed E-state index contributed by atoms with van der Waals surface area (Å²) in [4.78, 5) is 0. The van der Waals surface area contributed by atoms with Crippen LogP contribution >= 0.6 is 28.6 Å². The maximum absolute atomic E-state index is 5.96. The topological polar surface area (TPSA) is 18.5 Å². The Morgan fingerprint density at radius 1 is 1.33 bits per heavy atom. The zero-order valence-corrected chi connectivity index (χ0v) is 13.1. The first kappa shape index (κ1) is 14.1. The summed E-state index contributed by atoms with van der Waals surface area (Å²) in [6.07, 6.45) is 5.05. The Labute approximate surface area is 123 Å². The highest BCUT2D eigenvalue weighted by Gasteiger charge is 2.33. The summed E-state index contributed by atoms with van der Waals surface area (Å²) in [5.74, 6) is 2.61. The first-order chi connectivity index (χ1) is 8.69. The molecule has 1 aromatic rings. The van der Waals surface area contributed by atoms with Gasteiger partial charge in [0.25, 0.3) is 0 Å². The normalized spacial score (nSPS) is 17.7. The van der Waals surface area contributed by atoms with E-state index in [2.05, 4.69) is 28.6 Å². The molecule has 4 heteroatoms. The van der Waals surface area contributed by atoms with Crippen molar-refractivity contribution in [3.8, 4) is 11.5 Å². The van der Waals surface area contributed by atoms with Gasteiger partial charge in [-0.15, -0.1) is 0 Å². The molecule has 2 nitrogen and oxygen atoms in total. The van der Waals surface area contributed by atoms with Crippen molar-refractivity contribution in [3.63, 3.8) is 0 Å². The molecule has 0 atom stereocenters. The van der Waals surface area contributed by atoms with Gasteiger partial charge in [0.15, 0.2) is 0 Å². The third-order valence-electron chi connectivity index (χ3n) is 3.67. The molecule has 0 N–H and O–H groups in total. The first-order valence-electron chi connectivity index (χ1n) is 6.26. The second-order valence-electron chi connectivity index (χ2n) is 4.95. The van der Waals surface area contributed by atoms with Crippen LogP contribution in [0.2, 0.25) is 0 Å². The molecule has 1 saturated carbocycles. The lowest BCUT2D eigenvalue weighted by Crippen LogP contribution is -2.27. The van der Waals surface area contributed by atoms with E-state index in [-0.39, 0.29) is 5.41 Å². The molecule has 0 unspecified atom stereocenters. The summed E-state index contributed by atoms with van der Waals surface area (Å²) in [6.45, 7) is 0.751. The molecular formula is C14H19BrO2S. The van der Waals surface area contributed by atoms with Crippen molar-refractivity contribution in [2.24, 2.45) is 5.41 Å². The lowest BCUT2D eigenvalue weighted by molar-refractivity contribution is 0.172. The Balaban J connectivity index is 2.01. The van der Waals surface area contributed by atoms with Gasteiger partial charge >= 0.3 is 0 Å². The number of thiol groups is 1. The van der Waals surface area contributed by atoms with Crippen molar-refractivity contribution in [3.05, 3.63) is 22.7 Å². The molecule has 100 valence electrons. The number of rotatable bonds is 5. The molecule has 1 fully saturated rings. The third-order valence-corrected chi connectivity index (χ3v) is 4.96. The summed E-state index contributed by atoms with van der Waals surface area (Å²) >= 11 is 8.01. The molecule has 0 radical (unpaired) electrons. The van der Waals surface area contributed by atoms with Crippen molar-refractivity contribution in [2.45, 2.75) is 25.7 Å². The summed E-state index contributed by atoms with van der Waals surface area (Å²) in [6, 6.07) is 5.80. The highest BCUT2D eigenvalue weighted by molar-refractivity contribution is 9.10. The first-order valence-corrected chi connectivity index (χ1v) is 7.69. The third kappa shape index (κ3) is 3.15. The second kappa shape index (κ2) is 6.20. The second-order valence-corrected chi connectivity index (χ2v) is 6.12. The van der Waals surface area contributed by atoms with Crippen LogP contribution in [0.5, 0.6) is 11.5 Å². The van der Waals surface area contributed by atoms with Crippen LogP contribution in [0.3, 0.4) is 0 Å². The van der Waals surface area contributed by atoms with Gasteiger partial charge < -0.3 is 9.47 Å². The molecule has 0 heterocycles. The van der Waals surface area contributed by atoms with Crippen LogP contribution in [0.1, 0.15) is 25.7 Å². The van der Waals surface area contributed by atoms with Crippen LogP contribution in [0.15, 0.2) is 22.7 Å². The number of halogens is 1. The van der Waals surface area contributed by atoms with Crippen LogP contribution in [0.25, 0.3) is 0 Å². The Kier molecular flexibility index (Phi) is 4.84. The molecule has 0 spiro atoms. The Morgan fingerprint density at radius 3 is 2.61 bits per heavy atom. The number of hydrogen-bond donors (Lipinski definition) is 1. The molecule has 18 heavy (non-hydrogen) atoms. The molecule has 0 amide bonds. The van der Waals surface area contributed by atoms with E-state index in [0.29, 0.717) is 0 Å². The minimum absolute atomic E-state index is 0.266. The van der Waals surface area contributed by atoms with E-state index in [1.807, 2.05) is 18.2 Å². The van der Waals surface area contributed by atoms with E-state index in [0.717, 1.165) is 28.3 Å². The van der Waals surface area contributed by atoms with Crippen LogP contribution in [0, 0.1) is 5.41 Å². The van der Waals surface area contributed by atoms with Gasteiger partial charge in [0.2, 0.25) is 0 Å². The average molecular weight is 331 g/mol. The van der Waals surface area contributed by atoms with Crippen molar-refractivity contribution in [1.29, 1.82) is 0 Å². The summed E-state index contributed by atoms with van der Waals surface area (Å²) in [5, 5.41) is 0. The molecule has 1 aromatic carbocycles. The molecule has 1 aliphatic rings. The number of methoxy groups -OCH3 is 1. The van der Waals surface area contributed by atoms with Crippen molar-refractivity contribution >= 4 is 28.6 Å². The van der Waals surface area contributed by atoms with E-state index >= 15 is 0 Å². The van der Waals surface area contributed by atoms with Crippen molar-refractivity contribution < 1.29 is 9.47 Å². The zero-order chi connectivity index (χ0) is 13.0. The van der Waals surface area contributed by atoms with Gasteiger partial charge in [-0.05, 0) is 52.7 Å². The van der Waals surface area contributed by atoms with Crippen molar-refractivity contribution in [1.82, 2.24) is 0 Å². The monoisotopic (exact) mass is 330 g/mol. The molecule has 1 aliphatic carbocycles. The van der Waals surface area contributed by atoms with Crippen LogP contribution < -0.4 is 9.47 Å². The molecule has 2 rings (SSSR count). The van der Waals surface area contributed by atoms with Gasteiger partial charge in [-0.1, -0.05) is 12.8 Å². The van der Waals surface area contributed by atoms with E-state index in [1.165, 1.54) is 25.7 Å². The SMILES string of the molecule is COc1ccc(OCC2(CS)CCCC2)c(Br)c1. The highest BCUT2D eigenvalue weighted by Crippen LogP contribution is 2.40. The van der Waals surface area contributed by atoms with Crippen molar-refractivity contribution in [2.75, 3.05) is 19.5 Å². The van der Waals surface area contributed by atoms with Gasteiger partial charge in [-0.3, -0.25) is 0 Å².